The van der Waals surface area contributed by atoms with Crippen LogP contribution in [0.25, 0.3) is 17.4 Å². The van der Waals surface area contributed by atoms with Crippen molar-refractivity contribution in [3.8, 4) is 17.1 Å². The van der Waals surface area contributed by atoms with Crippen LogP contribution in [0.5, 0.6) is 5.75 Å². The van der Waals surface area contributed by atoms with E-state index in [-0.39, 0.29) is 133 Å². The smallest absolute Gasteiger partial charge is 0.748 e. The number of carbonyl (C=O) groups is 1. The number of hydrogen-bond acceptors (Lipinski definition) is 20. The molecule has 0 aromatic heterocycles. The topological polar surface area (TPSA) is 311 Å². The van der Waals surface area contributed by atoms with E-state index in [1.807, 2.05) is 66.7 Å². The van der Waals surface area contributed by atoms with Crippen LogP contribution in [0.4, 0.5) is 5.69 Å². The van der Waals surface area contributed by atoms with Crippen LogP contribution in [-0.2, 0) is 75.0 Å². The fraction of sp³-hybridized carbons (Fsp3) is 0.500. The van der Waals surface area contributed by atoms with Crippen LogP contribution < -0.4 is 108 Å². The Morgan fingerprint density at radius 1 is 0.688 bits per heavy atom. The number of fused-ring (bicyclic) bond motifs is 2. The molecule has 426 valence electrons. The molecule has 0 amide bonds. The average molecular weight is 1220 g/mol. The number of esters is 1. The fourth-order valence-corrected chi connectivity index (χ4v) is 10.6. The van der Waals surface area contributed by atoms with Crippen LogP contribution in [0, 0.1) is 0 Å². The second-order valence-corrected chi connectivity index (χ2v) is 25.3. The number of rotatable bonds is 31. The second-order valence-electron chi connectivity index (χ2n) is 19.5. The number of hydrogen-bond donors (Lipinski definition) is 0. The number of nitrogens with zero attached hydrogens (tertiary/aromatic N) is 2. The van der Waals surface area contributed by atoms with Gasteiger partial charge in [0.1, 0.15) is 50.7 Å². The minimum Gasteiger partial charge on any atom is -0.748 e. The summed E-state index contributed by atoms with van der Waals surface area (Å²) < 4.78 is 177. The molecule has 0 N–H and O–H groups in total. The predicted molar refractivity (Wildman–Crippen MR) is 281 cm³/mol. The first-order valence-electron chi connectivity index (χ1n) is 24.9. The molecule has 1 unspecified atom stereocenters. The maximum atomic E-state index is 12.7. The minimum atomic E-state index is -4.94. The van der Waals surface area contributed by atoms with Crippen LogP contribution >= 0.6 is 0 Å². The van der Waals surface area contributed by atoms with E-state index in [1.165, 1.54) is 30.3 Å². The van der Waals surface area contributed by atoms with Gasteiger partial charge in [-0.1, -0.05) is 39.3 Å². The molecule has 0 radical (unpaired) electrons. The van der Waals surface area contributed by atoms with Crippen molar-refractivity contribution < 1.29 is 173 Å². The number of anilines is 1. The zero-order chi connectivity index (χ0) is 56.7. The van der Waals surface area contributed by atoms with Crippen LogP contribution in [0.15, 0.2) is 98.8 Å². The van der Waals surface area contributed by atoms with Gasteiger partial charge in [0, 0.05) is 71.8 Å². The molecule has 2 heterocycles. The van der Waals surface area contributed by atoms with E-state index in [2.05, 4.69) is 0 Å². The van der Waals surface area contributed by atoms with Gasteiger partial charge in [0.05, 0.1) is 75.7 Å². The summed E-state index contributed by atoms with van der Waals surface area (Å²) in [6.07, 6.45) is 6.83. The van der Waals surface area contributed by atoms with E-state index in [9.17, 15) is 56.7 Å². The van der Waals surface area contributed by atoms with Crippen molar-refractivity contribution in [1.82, 2.24) is 4.58 Å². The van der Waals surface area contributed by atoms with E-state index >= 15 is 0 Å². The standard InChI is InChI=1S/C52H70N2O19S4.3Na/c1-51(2,3)49-36-39(44-21-15-40(37-47(44)73-49)53(24-11-35-75(59,60)61)26-27-69-30-31-71-33-32-70-29-28-68-5)12-9-13-48-52(4,23-10-34-74(56,57)58)45-38-43(77(65,66)67)20-22-46(45)54(48)25-8-6-7-14-50(55)72-41-16-18-42(19-17-41)76(62,63)64;;;/h9,12-13,15-22,36-38H,6-8,10-11,14,23-35H2,1-5H3,(H3-,56,57,58,59,60,61,62,63,64,65,66,67);;;/q;3*+1/p-3. The Bertz CT molecular complexity index is 3220. The fourth-order valence-electron chi connectivity index (χ4n) is 8.68. The number of allylic oxidation sites excluding steroid dienone is 3. The molecule has 2 aromatic rings. The van der Waals surface area contributed by atoms with Crippen LogP contribution in [0.2, 0.25) is 0 Å². The number of unbranched alkanes of at least 4 members (excludes halogenated alkanes) is 2. The van der Waals surface area contributed by atoms with Gasteiger partial charge in [-0.15, -0.1) is 0 Å². The minimum absolute atomic E-state index is 0. The van der Waals surface area contributed by atoms with Crippen molar-refractivity contribution in [2.75, 3.05) is 89.4 Å². The summed E-state index contributed by atoms with van der Waals surface area (Å²) in [7, 11) is -17.2. The first-order valence-corrected chi connectivity index (χ1v) is 30.9. The number of carbonyl (C=O) groups excluding carboxylic acids is 1. The first-order chi connectivity index (χ1) is 36.1. The van der Waals surface area contributed by atoms with Crippen molar-refractivity contribution in [1.29, 1.82) is 0 Å². The normalized spacial score (nSPS) is 15.8. The van der Waals surface area contributed by atoms with Gasteiger partial charge in [0.2, 0.25) is 5.36 Å². The van der Waals surface area contributed by atoms with Crippen molar-refractivity contribution in [3.63, 3.8) is 0 Å². The maximum Gasteiger partial charge on any atom is 1.00 e. The molecule has 1 atom stereocenters. The summed E-state index contributed by atoms with van der Waals surface area (Å²) >= 11 is 0. The van der Waals surface area contributed by atoms with Crippen molar-refractivity contribution in [2.45, 2.75) is 93.3 Å². The van der Waals surface area contributed by atoms with E-state index in [0.717, 1.165) is 17.7 Å². The van der Waals surface area contributed by atoms with Gasteiger partial charge < -0.3 is 51.2 Å². The Balaban J connectivity index is 0.00000729. The molecule has 28 heteroatoms. The predicted octanol–water partition coefficient (Wildman–Crippen LogP) is -3.93. The summed E-state index contributed by atoms with van der Waals surface area (Å²) in [4.78, 5) is 13.7. The first kappa shape index (κ1) is 74.2. The molecule has 2 aliphatic heterocycles. The monoisotopic (exact) mass is 1220 g/mol. The zero-order valence-corrected chi connectivity index (χ0v) is 56.1. The van der Waals surface area contributed by atoms with E-state index < -0.39 is 78.6 Å². The molecule has 0 spiro atoms. The van der Waals surface area contributed by atoms with Crippen molar-refractivity contribution >= 4 is 58.2 Å². The summed E-state index contributed by atoms with van der Waals surface area (Å²) in [5, 5.41) is 0.679. The Labute approximate surface area is 537 Å². The Kier molecular flexibility index (Phi) is 31.3. The maximum absolute atomic E-state index is 12.7. The van der Waals surface area contributed by atoms with Gasteiger partial charge in [-0.2, -0.15) is 0 Å². The summed E-state index contributed by atoms with van der Waals surface area (Å²) in [6.45, 7) is 11.2. The van der Waals surface area contributed by atoms with Crippen LogP contribution in [-0.4, -0.2) is 142 Å². The van der Waals surface area contributed by atoms with E-state index in [0.29, 0.717) is 111 Å². The molecule has 3 aliphatic rings. The zero-order valence-electron chi connectivity index (χ0n) is 46.8. The molecular weight excluding hydrogens is 1150 g/mol. The Morgan fingerprint density at radius 3 is 1.86 bits per heavy atom. The summed E-state index contributed by atoms with van der Waals surface area (Å²) in [6, 6.07) is 15.9. The molecule has 1 aliphatic carbocycles. The Morgan fingerprint density at radius 2 is 1.27 bits per heavy atom. The SMILES string of the molecule is COCCOCCOCCOCC[N+](CCCS(=O)(=O)[O-])=c1ccc2c(/C=C/C=C3\N(CCCCCC(=O)Oc4ccc(S(=O)(=O)[O-])cc4)c4ccc(S(=O)(=O)[O-])cc4C3(C)CCCS(=O)(=O)[O-])cc(C(C)(C)C)oc-2c1.[Na+].[Na+].[Na+]. The van der Waals surface area contributed by atoms with Gasteiger partial charge in [0.15, 0.2) is 6.54 Å². The van der Waals surface area contributed by atoms with E-state index in [4.69, 9.17) is 28.1 Å². The number of benzene rings is 3. The van der Waals surface area contributed by atoms with Gasteiger partial charge in [-0.05, 0) is 104 Å². The molecule has 2 aromatic carbocycles. The summed E-state index contributed by atoms with van der Waals surface area (Å²) in [5.74, 6) is -0.677. The van der Waals surface area contributed by atoms with Crippen molar-refractivity contribution in [3.05, 3.63) is 107 Å². The molecule has 0 saturated heterocycles. The molecule has 0 bridgehead atoms. The third kappa shape index (κ3) is 23.9. The molecule has 21 nitrogen and oxygen atoms in total. The van der Waals surface area contributed by atoms with Crippen molar-refractivity contribution in [2.24, 2.45) is 0 Å². The second kappa shape index (κ2) is 33.7. The van der Waals surface area contributed by atoms with Gasteiger partial charge in [-0.25, -0.2) is 38.2 Å². The summed E-state index contributed by atoms with van der Waals surface area (Å²) in [5.41, 5.74) is 1.40. The third-order valence-electron chi connectivity index (χ3n) is 12.6. The van der Waals surface area contributed by atoms with Gasteiger partial charge >= 0.3 is 94.6 Å². The van der Waals surface area contributed by atoms with Crippen LogP contribution in [0.1, 0.15) is 89.5 Å². The van der Waals surface area contributed by atoms with Crippen LogP contribution in [0.3, 0.4) is 0 Å². The largest absolute Gasteiger partial charge is 1.00 e. The molecular formula is C52H67N2Na3O19S4. The molecule has 5 rings (SSSR count). The average Bonchev–Trinajstić information content (AvgIpc) is 3.56. The van der Waals surface area contributed by atoms with Gasteiger partial charge in [-0.3, -0.25) is 4.79 Å². The number of ether oxygens (including phenoxy) is 5. The van der Waals surface area contributed by atoms with E-state index in [1.54, 1.807) is 20.1 Å². The molecule has 0 fully saturated rings. The van der Waals surface area contributed by atoms with Gasteiger partial charge in [0.25, 0.3) is 0 Å². The third-order valence-corrected chi connectivity index (χ3v) is 15.9. The number of methoxy groups -OCH3 is 1. The Hall–Kier alpha value is -1.90. The molecule has 80 heavy (non-hydrogen) atoms. The molecule has 0 saturated carbocycles. The quantitative estimate of drug-likeness (QED) is 0.0116.